The van der Waals surface area contributed by atoms with Crippen LogP contribution in [0.1, 0.15) is 26.2 Å². The molecule has 0 bridgehead atoms. The largest absolute Gasteiger partial charge is 0.395 e. The molecule has 6 nitrogen and oxygen atoms in total. The highest BCUT2D eigenvalue weighted by molar-refractivity contribution is 5.81. The Morgan fingerprint density at radius 1 is 1.38 bits per heavy atom. The van der Waals surface area contributed by atoms with Gasteiger partial charge in [-0.25, -0.2) is 0 Å². The van der Waals surface area contributed by atoms with Crippen LogP contribution in [0.5, 0.6) is 0 Å². The van der Waals surface area contributed by atoms with Crippen LogP contribution in [0.2, 0.25) is 0 Å². The SMILES string of the molecule is CC(=O)NNC(=O)CN(CCO)C1CCC1. The molecular formula is C10H19N3O3. The summed E-state index contributed by atoms with van der Waals surface area (Å²) in [7, 11) is 0. The first-order valence-corrected chi connectivity index (χ1v) is 5.54. The van der Waals surface area contributed by atoms with E-state index >= 15 is 0 Å². The van der Waals surface area contributed by atoms with Crippen molar-refractivity contribution in [1.82, 2.24) is 15.8 Å². The first-order chi connectivity index (χ1) is 7.63. The van der Waals surface area contributed by atoms with Crippen molar-refractivity contribution in [2.45, 2.75) is 32.2 Å². The summed E-state index contributed by atoms with van der Waals surface area (Å²) in [6, 6.07) is 0.398. The lowest BCUT2D eigenvalue weighted by atomic mass is 9.91. The van der Waals surface area contributed by atoms with Crippen LogP contribution in [0.25, 0.3) is 0 Å². The number of carbonyl (C=O) groups is 2. The third-order valence-corrected chi connectivity index (χ3v) is 2.70. The Kier molecular flexibility index (Phi) is 5.21. The molecule has 0 unspecified atom stereocenters. The Morgan fingerprint density at radius 2 is 2.06 bits per heavy atom. The molecule has 2 amide bonds. The number of hydrogen-bond donors (Lipinski definition) is 3. The molecule has 1 saturated carbocycles. The van der Waals surface area contributed by atoms with Crippen LogP contribution in [0.4, 0.5) is 0 Å². The lowest BCUT2D eigenvalue weighted by molar-refractivity contribution is -0.129. The first-order valence-electron chi connectivity index (χ1n) is 5.54. The fraction of sp³-hybridized carbons (Fsp3) is 0.800. The van der Waals surface area contributed by atoms with Gasteiger partial charge in [0.1, 0.15) is 0 Å². The number of hydrogen-bond acceptors (Lipinski definition) is 4. The fourth-order valence-electron chi connectivity index (χ4n) is 1.65. The van der Waals surface area contributed by atoms with Gasteiger partial charge in [0.05, 0.1) is 13.2 Å². The fourth-order valence-corrected chi connectivity index (χ4v) is 1.65. The summed E-state index contributed by atoms with van der Waals surface area (Å²) in [5, 5.41) is 8.89. The number of aliphatic hydroxyl groups is 1. The second-order valence-electron chi connectivity index (χ2n) is 4.01. The minimum atomic E-state index is -0.300. The third kappa shape index (κ3) is 4.16. The van der Waals surface area contributed by atoms with E-state index in [2.05, 4.69) is 10.9 Å². The van der Waals surface area contributed by atoms with Crippen molar-refractivity contribution >= 4 is 11.8 Å². The van der Waals surface area contributed by atoms with E-state index in [1.165, 1.54) is 13.3 Å². The summed E-state index contributed by atoms with van der Waals surface area (Å²) >= 11 is 0. The summed E-state index contributed by atoms with van der Waals surface area (Å²) in [6.45, 7) is 2.09. The summed E-state index contributed by atoms with van der Waals surface area (Å²) in [5.41, 5.74) is 4.55. The van der Waals surface area contributed by atoms with E-state index in [0.717, 1.165) is 12.8 Å². The second kappa shape index (κ2) is 6.44. The molecule has 1 rings (SSSR count). The van der Waals surface area contributed by atoms with Crippen molar-refractivity contribution in [1.29, 1.82) is 0 Å². The molecule has 0 aromatic carbocycles. The van der Waals surface area contributed by atoms with E-state index in [0.29, 0.717) is 12.6 Å². The number of amides is 2. The third-order valence-electron chi connectivity index (χ3n) is 2.70. The number of hydrazine groups is 1. The number of nitrogens with zero attached hydrogens (tertiary/aromatic N) is 1. The van der Waals surface area contributed by atoms with Gasteiger partial charge in [-0.1, -0.05) is 6.42 Å². The van der Waals surface area contributed by atoms with Gasteiger partial charge in [0.2, 0.25) is 5.91 Å². The average Bonchev–Trinajstić information content (AvgIpc) is 2.12. The molecule has 3 N–H and O–H groups in total. The molecule has 6 heteroatoms. The number of rotatable bonds is 5. The maximum atomic E-state index is 11.4. The summed E-state index contributed by atoms with van der Waals surface area (Å²) in [5.74, 6) is -0.554. The normalized spacial score (nSPS) is 15.7. The molecule has 92 valence electrons. The molecule has 0 atom stereocenters. The molecule has 0 aromatic heterocycles. The smallest absolute Gasteiger partial charge is 0.252 e. The van der Waals surface area contributed by atoms with E-state index in [1.54, 1.807) is 0 Å². The molecule has 0 aliphatic heterocycles. The van der Waals surface area contributed by atoms with Gasteiger partial charge in [-0.2, -0.15) is 0 Å². The van der Waals surface area contributed by atoms with E-state index < -0.39 is 0 Å². The lowest BCUT2D eigenvalue weighted by Crippen LogP contribution is -2.50. The van der Waals surface area contributed by atoms with Gasteiger partial charge in [-0.15, -0.1) is 0 Å². The van der Waals surface area contributed by atoms with E-state index in [4.69, 9.17) is 5.11 Å². The minimum absolute atomic E-state index is 0.0456. The zero-order valence-corrected chi connectivity index (χ0v) is 9.53. The second-order valence-corrected chi connectivity index (χ2v) is 4.01. The standard InChI is InChI=1S/C10H19N3O3/c1-8(15)11-12-10(16)7-13(5-6-14)9-3-2-4-9/h9,14H,2-7H2,1H3,(H,11,15)(H,12,16). The molecule has 1 aliphatic rings. The summed E-state index contributed by atoms with van der Waals surface area (Å²) < 4.78 is 0. The molecular weight excluding hydrogens is 210 g/mol. The number of nitrogens with one attached hydrogen (secondary N) is 2. The van der Waals surface area contributed by atoms with Crippen molar-refractivity contribution in [2.24, 2.45) is 0 Å². The Labute approximate surface area is 95.0 Å². The molecule has 0 heterocycles. The Morgan fingerprint density at radius 3 is 2.50 bits per heavy atom. The van der Waals surface area contributed by atoms with Crippen LogP contribution in [0.3, 0.4) is 0 Å². The monoisotopic (exact) mass is 229 g/mol. The van der Waals surface area contributed by atoms with Crippen LogP contribution in [0, 0.1) is 0 Å². The highest BCUT2D eigenvalue weighted by atomic mass is 16.3. The molecule has 16 heavy (non-hydrogen) atoms. The maximum absolute atomic E-state index is 11.4. The Bertz CT molecular complexity index is 254. The van der Waals surface area contributed by atoms with E-state index in [9.17, 15) is 9.59 Å². The Hall–Kier alpha value is -1.14. The topological polar surface area (TPSA) is 81.7 Å². The Balaban J connectivity index is 2.29. The molecule has 0 aromatic rings. The number of carbonyl (C=O) groups excluding carboxylic acids is 2. The van der Waals surface area contributed by atoms with Gasteiger partial charge in [-0.3, -0.25) is 25.3 Å². The van der Waals surface area contributed by atoms with Crippen molar-refractivity contribution in [3.63, 3.8) is 0 Å². The zero-order chi connectivity index (χ0) is 12.0. The van der Waals surface area contributed by atoms with Gasteiger partial charge in [-0.05, 0) is 12.8 Å². The van der Waals surface area contributed by atoms with Crippen LogP contribution >= 0.6 is 0 Å². The minimum Gasteiger partial charge on any atom is -0.395 e. The van der Waals surface area contributed by atoms with Crippen LogP contribution in [-0.2, 0) is 9.59 Å². The van der Waals surface area contributed by atoms with Gasteiger partial charge >= 0.3 is 0 Å². The highest BCUT2D eigenvalue weighted by Crippen LogP contribution is 2.23. The van der Waals surface area contributed by atoms with Crippen molar-refractivity contribution in [3.8, 4) is 0 Å². The molecule has 0 saturated heterocycles. The quantitative estimate of drug-likeness (QED) is 0.528. The molecule has 0 radical (unpaired) electrons. The first kappa shape index (κ1) is 12.9. The van der Waals surface area contributed by atoms with Crippen molar-refractivity contribution < 1.29 is 14.7 Å². The van der Waals surface area contributed by atoms with Crippen LogP contribution in [0.15, 0.2) is 0 Å². The highest BCUT2D eigenvalue weighted by Gasteiger charge is 2.25. The van der Waals surface area contributed by atoms with Crippen LogP contribution in [-0.4, -0.2) is 47.6 Å². The summed E-state index contributed by atoms with van der Waals surface area (Å²) in [4.78, 5) is 24.0. The maximum Gasteiger partial charge on any atom is 0.252 e. The van der Waals surface area contributed by atoms with E-state index in [1.807, 2.05) is 4.90 Å². The molecule has 1 fully saturated rings. The predicted molar refractivity (Wildman–Crippen MR) is 58.3 cm³/mol. The molecule has 1 aliphatic carbocycles. The van der Waals surface area contributed by atoms with Gasteiger partial charge < -0.3 is 5.11 Å². The van der Waals surface area contributed by atoms with Gasteiger partial charge in [0, 0.05) is 19.5 Å². The summed E-state index contributed by atoms with van der Waals surface area (Å²) in [6.07, 6.45) is 3.33. The lowest BCUT2D eigenvalue weighted by Gasteiger charge is -2.36. The predicted octanol–water partition coefficient (Wildman–Crippen LogP) is -0.999. The zero-order valence-electron chi connectivity index (χ0n) is 9.53. The number of aliphatic hydroxyl groups excluding tert-OH is 1. The van der Waals surface area contributed by atoms with Crippen molar-refractivity contribution in [3.05, 3.63) is 0 Å². The van der Waals surface area contributed by atoms with Gasteiger partial charge in [0.25, 0.3) is 5.91 Å². The van der Waals surface area contributed by atoms with Crippen LogP contribution < -0.4 is 10.9 Å². The average molecular weight is 229 g/mol. The van der Waals surface area contributed by atoms with Crippen molar-refractivity contribution in [2.75, 3.05) is 19.7 Å². The van der Waals surface area contributed by atoms with Gasteiger partial charge in [0.15, 0.2) is 0 Å². The molecule has 0 spiro atoms. The van der Waals surface area contributed by atoms with E-state index in [-0.39, 0.29) is 25.0 Å².